The number of thiol groups is 1. The molecule has 0 unspecified atom stereocenters. The van der Waals surface area contributed by atoms with Crippen LogP contribution in [0.5, 0.6) is 0 Å². The van der Waals surface area contributed by atoms with Crippen molar-refractivity contribution < 1.29 is 9.53 Å². The van der Waals surface area contributed by atoms with Crippen molar-refractivity contribution >= 4 is 18.6 Å². The summed E-state index contributed by atoms with van der Waals surface area (Å²) >= 11 is 3.85. The highest BCUT2D eigenvalue weighted by Crippen LogP contribution is 1.95. The maximum Gasteiger partial charge on any atom is 0.331 e. The van der Waals surface area contributed by atoms with Crippen molar-refractivity contribution in [2.45, 2.75) is 6.92 Å². The highest BCUT2D eigenvalue weighted by molar-refractivity contribution is 7.84. The summed E-state index contributed by atoms with van der Waals surface area (Å²) < 4.78 is 4.30. The predicted molar refractivity (Wildman–Crippen MR) is 34.8 cm³/mol. The van der Waals surface area contributed by atoms with Gasteiger partial charge in [0.15, 0.2) is 0 Å². The fourth-order valence-corrected chi connectivity index (χ4v) is 0.335. The molecule has 0 radical (unpaired) electrons. The van der Waals surface area contributed by atoms with E-state index >= 15 is 0 Å². The molecule has 0 aromatic heterocycles. The largest absolute Gasteiger partial charge is 0.466 e. The van der Waals surface area contributed by atoms with Gasteiger partial charge in [-0.25, -0.2) is 4.79 Å². The van der Waals surface area contributed by atoms with Gasteiger partial charge in [-0.2, -0.15) is 0 Å². The molecule has 0 aliphatic heterocycles. The zero-order chi connectivity index (χ0) is 6.57. The summed E-state index contributed by atoms with van der Waals surface area (Å²) in [4.78, 5) is 10.9. The Morgan fingerprint density at radius 1 is 1.75 bits per heavy atom. The molecule has 46 valence electrons. The summed E-state index contributed by atoms with van der Waals surface area (Å²) in [6, 6.07) is 0. The van der Waals surface area contributed by atoms with Crippen molar-refractivity contribution in [1.82, 2.24) is 0 Å². The van der Waals surface area contributed by atoms with Gasteiger partial charge in [0, 0.05) is 6.08 Å². The van der Waals surface area contributed by atoms with E-state index in [1.807, 2.05) is 0 Å². The zero-order valence-electron chi connectivity index (χ0n) is 4.84. The Balaban J connectivity index is 3.70. The van der Waals surface area contributed by atoms with E-state index in [0.29, 0.717) is 4.91 Å². The molecule has 0 aliphatic rings. The van der Waals surface area contributed by atoms with Crippen LogP contribution in [-0.4, -0.2) is 13.1 Å². The van der Waals surface area contributed by atoms with Crippen molar-refractivity contribution in [2.75, 3.05) is 7.11 Å². The third-order valence-electron chi connectivity index (χ3n) is 0.528. The lowest BCUT2D eigenvalue weighted by atomic mass is 10.5. The van der Waals surface area contributed by atoms with Crippen LogP contribution >= 0.6 is 12.6 Å². The molecule has 0 bridgehead atoms. The minimum absolute atomic E-state index is 0.363. The maximum atomic E-state index is 10.3. The SMILES string of the molecule is COC(=O)/C=C(/C)S. The first-order valence-electron chi connectivity index (χ1n) is 2.12. The van der Waals surface area contributed by atoms with Gasteiger partial charge < -0.3 is 4.74 Å². The normalized spacial score (nSPS) is 11.1. The molecular formula is C5H8O2S. The number of carbonyl (C=O) groups excluding carboxylic acids is 1. The number of esters is 1. The summed E-state index contributed by atoms with van der Waals surface area (Å²) in [5, 5.41) is 0. The van der Waals surface area contributed by atoms with Crippen molar-refractivity contribution in [1.29, 1.82) is 0 Å². The number of methoxy groups -OCH3 is 1. The van der Waals surface area contributed by atoms with Crippen LogP contribution in [0.2, 0.25) is 0 Å². The van der Waals surface area contributed by atoms with Gasteiger partial charge in [-0.3, -0.25) is 0 Å². The lowest BCUT2D eigenvalue weighted by molar-refractivity contribution is -0.134. The summed E-state index contributed by atoms with van der Waals surface area (Å²) in [5.74, 6) is -0.363. The Bertz CT molecular complexity index is 114. The zero-order valence-corrected chi connectivity index (χ0v) is 5.74. The monoisotopic (exact) mass is 132 g/mol. The first-order chi connectivity index (χ1) is 3.66. The van der Waals surface area contributed by atoms with Gasteiger partial charge in [-0.1, -0.05) is 0 Å². The van der Waals surface area contributed by atoms with Crippen molar-refractivity contribution in [2.24, 2.45) is 0 Å². The number of hydrogen-bond acceptors (Lipinski definition) is 3. The molecule has 8 heavy (non-hydrogen) atoms. The lowest BCUT2D eigenvalue weighted by Crippen LogP contribution is -1.93. The molecule has 0 N–H and O–H groups in total. The van der Waals surface area contributed by atoms with Crippen LogP contribution in [0.3, 0.4) is 0 Å². The second-order valence-electron chi connectivity index (χ2n) is 1.31. The molecular weight excluding hydrogens is 124 g/mol. The van der Waals surface area contributed by atoms with Gasteiger partial charge in [0.1, 0.15) is 0 Å². The molecule has 0 amide bonds. The molecule has 0 saturated carbocycles. The molecule has 0 aromatic rings. The molecule has 3 heteroatoms. The van der Waals surface area contributed by atoms with Crippen LogP contribution in [0.15, 0.2) is 11.0 Å². The number of allylic oxidation sites excluding steroid dienone is 1. The van der Waals surface area contributed by atoms with Gasteiger partial charge in [-0.15, -0.1) is 12.6 Å². The fourth-order valence-electron chi connectivity index (χ4n) is 0.229. The number of rotatable bonds is 1. The molecule has 0 fully saturated rings. The third-order valence-corrected chi connectivity index (χ3v) is 0.657. The second kappa shape index (κ2) is 3.55. The van der Waals surface area contributed by atoms with E-state index in [1.165, 1.54) is 13.2 Å². The Morgan fingerprint density at radius 2 is 2.25 bits per heavy atom. The fraction of sp³-hybridized carbons (Fsp3) is 0.400. The first-order valence-corrected chi connectivity index (χ1v) is 2.56. The number of carbonyl (C=O) groups is 1. The van der Waals surface area contributed by atoms with Gasteiger partial charge in [0.2, 0.25) is 0 Å². The molecule has 0 heterocycles. The highest BCUT2D eigenvalue weighted by Gasteiger charge is 1.89. The van der Waals surface area contributed by atoms with E-state index in [4.69, 9.17) is 0 Å². The molecule has 0 aliphatic carbocycles. The Kier molecular flexibility index (Phi) is 3.35. The van der Waals surface area contributed by atoms with Crippen molar-refractivity contribution in [3.05, 3.63) is 11.0 Å². The second-order valence-corrected chi connectivity index (χ2v) is 2.01. The highest BCUT2D eigenvalue weighted by atomic mass is 32.1. The Morgan fingerprint density at radius 3 is 2.38 bits per heavy atom. The van der Waals surface area contributed by atoms with Crippen LogP contribution in [0.1, 0.15) is 6.92 Å². The summed E-state index contributed by atoms with van der Waals surface area (Å²) in [7, 11) is 1.33. The summed E-state index contributed by atoms with van der Waals surface area (Å²) in [6.07, 6.45) is 1.31. The molecule has 0 spiro atoms. The first kappa shape index (κ1) is 7.56. The average Bonchev–Trinajstić information content (AvgIpc) is 1.65. The molecule has 0 rings (SSSR count). The summed E-state index contributed by atoms with van der Waals surface area (Å²) in [6.45, 7) is 1.71. The molecule has 2 nitrogen and oxygen atoms in total. The van der Waals surface area contributed by atoms with E-state index in [9.17, 15) is 4.79 Å². The van der Waals surface area contributed by atoms with E-state index in [0.717, 1.165) is 0 Å². The molecule has 0 aromatic carbocycles. The average molecular weight is 132 g/mol. The summed E-state index contributed by atoms with van der Waals surface area (Å²) in [5.41, 5.74) is 0. The predicted octanol–water partition coefficient (Wildman–Crippen LogP) is 0.993. The van der Waals surface area contributed by atoms with Crippen LogP contribution in [0.25, 0.3) is 0 Å². The van der Waals surface area contributed by atoms with E-state index in [1.54, 1.807) is 6.92 Å². The van der Waals surface area contributed by atoms with Gasteiger partial charge in [0.05, 0.1) is 7.11 Å². The van der Waals surface area contributed by atoms with Gasteiger partial charge in [-0.05, 0) is 11.8 Å². The maximum absolute atomic E-state index is 10.3. The van der Waals surface area contributed by atoms with Crippen LogP contribution in [-0.2, 0) is 9.53 Å². The minimum atomic E-state index is -0.363. The minimum Gasteiger partial charge on any atom is -0.466 e. The van der Waals surface area contributed by atoms with Crippen LogP contribution in [0.4, 0.5) is 0 Å². The van der Waals surface area contributed by atoms with Gasteiger partial charge >= 0.3 is 5.97 Å². The standard InChI is InChI=1S/C5H8O2S/c1-4(8)3-5(6)7-2/h3,8H,1-2H3/b4-3-. The Labute approximate surface area is 53.9 Å². The smallest absolute Gasteiger partial charge is 0.331 e. The Hall–Kier alpha value is -0.440. The lowest BCUT2D eigenvalue weighted by Gasteiger charge is -1.88. The number of ether oxygens (including phenoxy) is 1. The van der Waals surface area contributed by atoms with Crippen molar-refractivity contribution in [3.63, 3.8) is 0 Å². The van der Waals surface area contributed by atoms with Gasteiger partial charge in [0.25, 0.3) is 0 Å². The third kappa shape index (κ3) is 3.74. The topological polar surface area (TPSA) is 26.3 Å². The van der Waals surface area contributed by atoms with Crippen molar-refractivity contribution in [3.8, 4) is 0 Å². The number of hydrogen-bond donors (Lipinski definition) is 1. The van der Waals surface area contributed by atoms with Crippen LogP contribution < -0.4 is 0 Å². The quantitative estimate of drug-likeness (QED) is 0.327. The van der Waals surface area contributed by atoms with E-state index in [-0.39, 0.29) is 5.97 Å². The van der Waals surface area contributed by atoms with E-state index < -0.39 is 0 Å². The van der Waals surface area contributed by atoms with E-state index in [2.05, 4.69) is 17.4 Å². The van der Waals surface area contributed by atoms with Crippen LogP contribution in [0, 0.1) is 0 Å². The molecule has 0 atom stereocenters. The molecule has 0 saturated heterocycles.